The maximum absolute atomic E-state index is 12.0. The van der Waals surface area contributed by atoms with Gasteiger partial charge in [-0.05, 0) is 18.6 Å². The summed E-state index contributed by atoms with van der Waals surface area (Å²) in [4.78, 5) is 23.9. The first kappa shape index (κ1) is 24.1. The Balaban J connectivity index is 2.37. The maximum atomic E-state index is 12.0. The Bertz CT molecular complexity index is 686. The molecule has 158 valence electrons. The van der Waals surface area contributed by atoms with E-state index in [1.165, 1.54) is 37.8 Å². The van der Waals surface area contributed by atoms with Crippen LogP contribution in [0.4, 0.5) is 0 Å². The normalized spacial score (nSPS) is 12.4. The third kappa shape index (κ3) is 10.4. The van der Waals surface area contributed by atoms with Crippen molar-refractivity contribution in [1.82, 2.24) is 0 Å². The van der Waals surface area contributed by atoms with E-state index in [4.69, 9.17) is 9.47 Å². The highest BCUT2D eigenvalue weighted by Gasteiger charge is 2.35. The van der Waals surface area contributed by atoms with Crippen LogP contribution in [0.5, 0.6) is 5.75 Å². The average Bonchev–Trinajstić information content (AvgIpc) is 2.64. The zero-order chi connectivity index (χ0) is 20.8. The minimum absolute atomic E-state index is 0.0492. The number of esters is 2. The summed E-state index contributed by atoms with van der Waals surface area (Å²) in [5.41, 5.74) is 0. The van der Waals surface area contributed by atoms with Crippen molar-refractivity contribution in [2.45, 2.75) is 70.0 Å². The van der Waals surface area contributed by atoms with Gasteiger partial charge in [0.1, 0.15) is 5.75 Å². The van der Waals surface area contributed by atoms with Crippen LogP contribution in [-0.2, 0) is 24.4 Å². The Kier molecular flexibility index (Phi) is 11.4. The van der Waals surface area contributed by atoms with Gasteiger partial charge in [0.25, 0.3) is 10.1 Å². The predicted molar refractivity (Wildman–Crippen MR) is 106 cm³/mol. The van der Waals surface area contributed by atoms with Crippen molar-refractivity contribution in [1.29, 1.82) is 0 Å². The van der Waals surface area contributed by atoms with Crippen molar-refractivity contribution in [3.63, 3.8) is 0 Å². The highest BCUT2D eigenvalue weighted by molar-refractivity contribution is 7.87. The summed E-state index contributed by atoms with van der Waals surface area (Å²) in [5.74, 6) is -1.87. The zero-order valence-electron chi connectivity index (χ0n) is 16.3. The van der Waals surface area contributed by atoms with Gasteiger partial charge in [-0.1, -0.05) is 70.1 Å². The van der Waals surface area contributed by atoms with Gasteiger partial charge < -0.3 is 9.47 Å². The predicted octanol–water partition coefficient (Wildman–Crippen LogP) is 3.92. The van der Waals surface area contributed by atoms with Crippen LogP contribution in [0.1, 0.15) is 64.7 Å². The van der Waals surface area contributed by atoms with Crippen LogP contribution in [0.2, 0.25) is 0 Å². The molecule has 0 bridgehead atoms. The summed E-state index contributed by atoms with van der Waals surface area (Å²) in [6, 6.07) is 8.03. The van der Waals surface area contributed by atoms with Gasteiger partial charge in [0.15, 0.2) is 5.25 Å². The largest absolute Gasteiger partial charge is 0.465 e. The van der Waals surface area contributed by atoms with E-state index in [1.807, 2.05) is 0 Å². The van der Waals surface area contributed by atoms with Crippen LogP contribution in [0.3, 0.4) is 0 Å². The molecule has 1 N–H and O–H groups in total. The first-order chi connectivity index (χ1) is 13.3. The third-order valence-corrected chi connectivity index (χ3v) is 5.27. The molecule has 0 saturated carbocycles. The lowest BCUT2D eigenvalue weighted by atomic mass is 10.1. The third-order valence-electron chi connectivity index (χ3n) is 4.19. The van der Waals surface area contributed by atoms with Crippen molar-refractivity contribution < 1.29 is 32.0 Å². The number of carbonyl (C=O) groups excluding carboxylic acids is 2. The van der Waals surface area contributed by atoms with Crippen LogP contribution in [-0.4, -0.2) is 36.8 Å². The van der Waals surface area contributed by atoms with Crippen molar-refractivity contribution in [3.8, 4) is 5.75 Å². The number of hydrogen-bond acceptors (Lipinski definition) is 6. The summed E-state index contributed by atoms with van der Waals surface area (Å²) in [7, 11) is -4.79. The van der Waals surface area contributed by atoms with Crippen LogP contribution < -0.4 is 4.74 Å². The quantitative estimate of drug-likeness (QED) is 0.213. The Morgan fingerprint density at radius 3 is 2.11 bits per heavy atom. The Morgan fingerprint density at radius 1 is 0.964 bits per heavy atom. The first-order valence-electron chi connectivity index (χ1n) is 9.73. The lowest BCUT2D eigenvalue weighted by molar-refractivity contribution is -0.146. The minimum Gasteiger partial charge on any atom is -0.465 e. The average molecular weight is 415 g/mol. The lowest BCUT2D eigenvalue weighted by Crippen LogP contribution is -2.35. The highest BCUT2D eigenvalue weighted by atomic mass is 32.2. The van der Waals surface area contributed by atoms with E-state index in [1.54, 1.807) is 18.2 Å². The SMILES string of the molecule is CCCCCCCCCCOC(=O)C(CC(=O)Oc1ccccc1)S(=O)(=O)O. The molecule has 7 nitrogen and oxygen atoms in total. The van der Waals surface area contributed by atoms with E-state index < -0.39 is 33.7 Å². The van der Waals surface area contributed by atoms with E-state index in [0.29, 0.717) is 6.42 Å². The number of para-hydroxylation sites is 1. The number of benzene rings is 1. The summed E-state index contributed by atoms with van der Waals surface area (Å²) in [6.07, 6.45) is 7.63. The molecule has 1 rings (SSSR count). The highest BCUT2D eigenvalue weighted by Crippen LogP contribution is 2.14. The molecule has 1 aromatic carbocycles. The second-order valence-corrected chi connectivity index (χ2v) is 8.24. The molecule has 0 aliphatic carbocycles. The fourth-order valence-corrected chi connectivity index (χ4v) is 3.28. The minimum atomic E-state index is -4.79. The summed E-state index contributed by atoms with van der Waals surface area (Å²) < 4.78 is 42.1. The molecule has 0 aliphatic rings. The molecule has 0 radical (unpaired) electrons. The standard InChI is InChI=1S/C20H30O7S/c1-2-3-4-5-6-7-8-12-15-26-20(22)18(28(23,24)25)16-19(21)27-17-13-10-9-11-14-17/h9-11,13-14,18H,2-8,12,15-16H2,1H3,(H,23,24,25). The molecule has 0 amide bonds. The number of ether oxygens (including phenoxy) is 2. The molecular formula is C20H30O7S. The second-order valence-electron chi connectivity index (χ2n) is 6.64. The molecular weight excluding hydrogens is 384 g/mol. The molecule has 0 heterocycles. The van der Waals surface area contributed by atoms with Crippen molar-refractivity contribution in [3.05, 3.63) is 30.3 Å². The fourth-order valence-electron chi connectivity index (χ4n) is 2.62. The Labute approximate surface area is 167 Å². The number of rotatable bonds is 14. The summed E-state index contributed by atoms with van der Waals surface area (Å²) in [5, 5.41) is -1.99. The van der Waals surface area contributed by atoms with Gasteiger partial charge in [-0.15, -0.1) is 0 Å². The van der Waals surface area contributed by atoms with Crippen molar-refractivity contribution in [2.75, 3.05) is 6.61 Å². The lowest BCUT2D eigenvalue weighted by Gasteiger charge is -2.13. The van der Waals surface area contributed by atoms with Crippen molar-refractivity contribution >= 4 is 22.1 Å². The molecule has 1 unspecified atom stereocenters. The molecule has 0 fully saturated rings. The van der Waals surface area contributed by atoms with E-state index >= 15 is 0 Å². The van der Waals surface area contributed by atoms with Gasteiger partial charge >= 0.3 is 11.9 Å². The molecule has 0 aromatic heterocycles. The van der Waals surface area contributed by atoms with E-state index in [0.717, 1.165) is 19.3 Å². The van der Waals surface area contributed by atoms with Gasteiger partial charge in [-0.3, -0.25) is 14.1 Å². The van der Waals surface area contributed by atoms with Gasteiger partial charge in [-0.2, -0.15) is 8.42 Å². The fraction of sp³-hybridized carbons (Fsp3) is 0.600. The smallest absolute Gasteiger partial charge is 0.327 e. The van der Waals surface area contributed by atoms with Gasteiger partial charge in [-0.25, -0.2) is 0 Å². The second kappa shape index (κ2) is 13.3. The zero-order valence-corrected chi connectivity index (χ0v) is 17.2. The monoisotopic (exact) mass is 414 g/mol. The number of unbranched alkanes of at least 4 members (excludes halogenated alkanes) is 7. The van der Waals surface area contributed by atoms with Crippen LogP contribution in [0, 0.1) is 0 Å². The van der Waals surface area contributed by atoms with E-state index in [-0.39, 0.29) is 12.4 Å². The molecule has 0 aliphatic heterocycles. The van der Waals surface area contributed by atoms with E-state index in [2.05, 4.69) is 6.92 Å². The van der Waals surface area contributed by atoms with Crippen LogP contribution in [0.15, 0.2) is 30.3 Å². The summed E-state index contributed by atoms with van der Waals surface area (Å²) >= 11 is 0. The Morgan fingerprint density at radius 2 is 1.54 bits per heavy atom. The van der Waals surface area contributed by atoms with E-state index in [9.17, 15) is 22.6 Å². The topological polar surface area (TPSA) is 107 Å². The van der Waals surface area contributed by atoms with Crippen molar-refractivity contribution in [2.24, 2.45) is 0 Å². The number of carbonyl (C=O) groups is 2. The molecule has 0 spiro atoms. The molecule has 1 atom stereocenters. The summed E-state index contributed by atoms with van der Waals surface area (Å²) in [6.45, 7) is 2.21. The van der Waals surface area contributed by atoms with Gasteiger partial charge in [0.05, 0.1) is 13.0 Å². The number of hydrogen-bond donors (Lipinski definition) is 1. The van der Waals surface area contributed by atoms with Crippen LogP contribution in [0.25, 0.3) is 0 Å². The van der Waals surface area contributed by atoms with Gasteiger partial charge in [0.2, 0.25) is 0 Å². The van der Waals surface area contributed by atoms with Crippen LogP contribution >= 0.6 is 0 Å². The molecule has 0 saturated heterocycles. The first-order valence-corrected chi connectivity index (χ1v) is 11.2. The van der Waals surface area contributed by atoms with Gasteiger partial charge in [0, 0.05) is 0 Å². The molecule has 1 aromatic rings. The molecule has 28 heavy (non-hydrogen) atoms. The Hall–Kier alpha value is -1.93. The molecule has 8 heteroatoms. The maximum Gasteiger partial charge on any atom is 0.327 e.